The Morgan fingerprint density at radius 2 is 1.78 bits per heavy atom. The molecule has 0 saturated carbocycles. The van der Waals surface area contributed by atoms with E-state index in [2.05, 4.69) is 53.5 Å². The number of nitrogens with two attached hydrogens (primary N) is 1. The summed E-state index contributed by atoms with van der Waals surface area (Å²) in [5, 5.41) is 0.510. The zero-order valence-electron chi connectivity index (χ0n) is 31.0. The van der Waals surface area contributed by atoms with Gasteiger partial charge >= 0.3 is 6.01 Å². The van der Waals surface area contributed by atoms with E-state index in [1.807, 2.05) is 4.57 Å². The number of carbonyl (C=O) groups is 1. The molecule has 51 heavy (non-hydrogen) atoms. The monoisotopic (exact) mass is 762 g/mol. The van der Waals surface area contributed by atoms with Crippen LogP contribution in [-0.4, -0.2) is 87.7 Å². The van der Waals surface area contributed by atoms with Gasteiger partial charge in [-0.2, -0.15) is 4.98 Å². The maximum Gasteiger partial charge on any atom is 0.301 e. The molecule has 0 spiro atoms. The van der Waals surface area contributed by atoms with Crippen LogP contribution in [0.5, 0.6) is 11.8 Å². The Kier molecular flexibility index (Phi) is 11.0. The van der Waals surface area contributed by atoms with Gasteiger partial charge in [0.25, 0.3) is 5.91 Å². The molecule has 2 aliphatic heterocycles. The predicted molar refractivity (Wildman–Crippen MR) is 198 cm³/mol. The van der Waals surface area contributed by atoms with Crippen molar-refractivity contribution in [2.45, 2.75) is 121 Å². The number of primary amides is 1. The highest BCUT2D eigenvalue weighted by atomic mass is 35.5. The number of fused-ring (bicyclic) bond motifs is 3. The number of carbonyl (C=O) groups excluding carboxylic acids is 1. The summed E-state index contributed by atoms with van der Waals surface area (Å²) >= 11 is 6.84. The Hall–Kier alpha value is -2.60. The van der Waals surface area contributed by atoms with Crippen LogP contribution < -0.4 is 15.2 Å². The molecule has 2 aromatic heterocycles. The molecule has 11 nitrogen and oxygen atoms in total. The predicted octanol–water partition coefficient (Wildman–Crippen LogP) is 6.61. The quantitative estimate of drug-likeness (QED) is 0.143. The first-order valence-corrected chi connectivity index (χ1v) is 24.8. The number of aryl methyl sites for hydroxylation is 1. The fraction of sp³-hybridized carbons (Fsp3) is 0.639. The zero-order valence-corrected chi connectivity index (χ0v) is 33.8. The molecule has 1 unspecified atom stereocenters. The molecule has 2 fully saturated rings. The molecule has 1 aromatic carbocycles. The van der Waals surface area contributed by atoms with Gasteiger partial charge in [-0.25, -0.2) is 9.37 Å². The van der Waals surface area contributed by atoms with E-state index >= 15 is 4.39 Å². The lowest BCUT2D eigenvalue weighted by molar-refractivity contribution is -0.119. The molecule has 280 valence electrons. The number of hydrogen-bond donors (Lipinski definition) is 1. The van der Waals surface area contributed by atoms with Crippen molar-refractivity contribution in [1.29, 1.82) is 0 Å². The van der Waals surface area contributed by atoms with Crippen LogP contribution in [0.4, 0.5) is 4.39 Å². The average Bonchev–Trinajstić information content (AvgIpc) is 3.79. The molecule has 1 aliphatic carbocycles. The molecule has 3 aromatic rings. The van der Waals surface area contributed by atoms with Crippen molar-refractivity contribution in [3.05, 3.63) is 45.9 Å². The Morgan fingerprint density at radius 3 is 2.47 bits per heavy atom. The molecule has 6 rings (SSSR count). The van der Waals surface area contributed by atoms with Crippen molar-refractivity contribution in [2.75, 3.05) is 26.4 Å². The van der Waals surface area contributed by atoms with Gasteiger partial charge in [-0.05, 0) is 72.6 Å². The molecule has 3 aliphatic rings. The van der Waals surface area contributed by atoms with Gasteiger partial charge in [0, 0.05) is 20.7 Å². The fourth-order valence-corrected chi connectivity index (χ4v) is 9.00. The smallest absolute Gasteiger partial charge is 0.301 e. The minimum absolute atomic E-state index is 0.0635. The second kappa shape index (κ2) is 14.7. The Morgan fingerprint density at radius 1 is 1.08 bits per heavy atom. The standard InChI is InChI=1S/C36H52ClFN4O7Si2/c1-36(2,3)51(7,8)49-29-18-47-32-28(17-46-33(29)32)48-35-41-27-16-24(37)26(40-34(27)42(35)20-44-11-12-50(4,5)6)14-22-10-9-21-13-23(45-19-30(39)43)15-25(38)31(21)22/h13,15-16,22,28-29,32-33H,9-12,14,17-20H2,1-8H3,(H2,39,43)/t22?,28-,29-,32-,33-/m1/s1. The van der Waals surface area contributed by atoms with Gasteiger partial charge in [0.15, 0.2) is 26.7 Å². The van der Waals surface area contributed by atoms with Crippen molar-refractivity contribution in [2.24, 2.45) is 5.73 Å². The number of benzene rings is 1. The molecular weight excluding hydrogens is 711 g/mol. The van der Waals surface area contributed by atoms with Crippen LogP contribution in [0.1, 0.15) is 49.9 Å². The van der Waals surface area contributed by atoms with Gasteiger partial charge in [0.05, 0.1) is 30.0 Å². The van der Waals surface area contributed by atoms with Gasteiger partial charge in [0.1, 0.15) is 36.0 Å². The molecule has 1 amide bonds. The third kappa shape index (κ3) is 8.47. The van der Waals surface area contributed by atoms with E-state index in [0.717, 1.165) is 18.0 Å². The SMILES string of the molecule is CC(C)(C)[Si](C)(C)O[C@@H]1CO[C@H]2[C@@H]1OC[C@H]2Oc1nc2cc(Cl)c(CC3CCc4cc(OCC(N)=O)cc(F)c43)nc2n1COCC[Si](C)(C)C. The van der Waals surface area contributed by atoms with Crippen LogP contribution >= 0.6 is 11.6 Å². The van der Waals surface area contributed by atoms with Gasteiger partial charge in [-0.3, -0.25) is 9.36 Å². The highest BCUT2D eigenvalue weighted by Crippen LogP contribution is 2.42. The number of ether oxygens (including phenoxy) is 5. The summed E-state index contributed by atoms with van der Waals surface area (Å²) in [5.41, 5.74) is 8.45. The number of nitrogens with zero attached hydrogens (tertiary/aromatic N) is 3. The average molecular weight is 763 g/mol. The molecule has 2 N–H and O–H groups in total. The van der Waals surface area contributed by atoms with E-state index in [-0.39, 0.29) is 54.2 Å². The summed E-state index contributed by atoms with van der Waals surface area (Å²) in [6.07, 6.45) is 0.741. The van der Waals surface area contributed by atoms with E-state index < -0.39 is 28.4 Å². The van der Waals surface area contributed by atoms with E-state index in [1.54, 1.807) is 12.1 Å². The van der Waals surface area contributed by atoms with Crippen LogP contribution in [0.3, 0.4) is 0 Å². The van der Waals surface area contributed by atoms with Crippen LogP contribution in [0.25, 0.3) is 11.2 Å². The first kappa shape index (κ1) is 38.1. The van der Waals surface area contributed by atoms with E-state index in [1.165, 1.54) is 6.07 Å². The fourth-order valence-electron chi connectivity index (χ4n) is 6.71. The number of aromatic nitrogens is 3. The lowest BCUT2D eigenvalue weighted by Gasteiger charge is -2.39. The second-order valence-electron chi connectivity index (χ2n) is 16.8. The number of amides is 1. The summed E-state index contributed by atoms with van der Waals surface area (Å²) in [4.78, 5) is 21.0. The van der Waals surface area contributed by atoms with Crippen molar-refractivity contribution < 1.29 is 37.3 Å². The highest BCUT2D eigenvalue weighted by Gasteiger charge is 2.52. The number of rotatable bonds is 14. The maximum absolute atomic E-state index is 15.4. The van der Waals surface area contributed by atoms with Crippen LogP contribution in [-0.2, 0) is 43.0 Å². The van der Waals surface area contributed by atoms with E-state index in [0.29, 0.717) is 66.1 Å². The van der Waals surface area contributed by atoms with Gasteiger partial charge in [0.2, 0.25) is 0 Å². The third-order valence-electron chi connectivity index (χ3n) is 10.6. The Balaban J connectivity index is 1.24. The van der Waals surface area contributed by atoms with Gasteiger partial charge < -0.3 is 33.8 Å². The first-order chi connectivity index (χ1) is 23.9. The molecule has 0 radical (unpaired) electrons. The summed E-state index contributed by atoms with van der Waals surface area (Å²) < 4.78 is 54.6. The topological polar surface area (TPSA) is 129 Å². The summed E-state index contributed by atoms with van der Waals surface area (Å²) in [7, 11) is -3.37. The Bertz CT molecular complexity index is 1760. The molecular formula is C36H52ClFN4O7Si2. The van der Waals surface area contributed by atoms with Crippen molar-refractivity contribution in [3.8, 4) is 11.8 Å². The largest absolute Gasteiger partial charge is 0.484 e. The summed E-state index contributed by atoms with van der Waals surface area (Å²) in [6.45, 7) is 19.4. The molecule has 15 heteroatoms. The van der Waals surface area contributed by atoms with Gasteiger partial charge in [-0.15, -0.1) is 0 Å². The van der Waals surface area contributed by atoms with Crippen molar-refractivity contribution in [3.63, 3.8) is 0 Å². The lowest BCUT2D eigenvalue weighted by atomic mass is 9.95. The lowest BCUT2D eigenvalue weighted by Crippen LogP contribution is -2.47. The zero-order chi connectivity index (χ0) is 36.9. The van der Waals surface area contributed by atoms with Crippen LogP contribution in [0.2, 0.25) is 48.8 Å². The molecule has 5 atom stereocenters. The van der Waals surface area contributed by atoms with Crippen molar-refractivity contribution >= 4 is 45.1 Å². The first-order valence-electron chi connectivity index (χ1n) is 17.8. The minimum atomic E-state index is -2.04. The number of pyridine rings is 1. The second-order valence-corrected chi connectivity index (χ2v) is 27.6. The van der Waals surface area contributed by atoms with Crippen molar-refractivity contribution in [1.82, 2.24) is 14.5 Å². The summed E-state index contributed by atoms with van der Waals surface area (Å²) in [6, 6.07) is 6.24. The van der Waals surface area contributed by atoms with Gasteiger partial charge in [-0.1, -0.05) is 52.0 Å². The third-order valence-corrected chi connectivity index (χ3v) is 17.1. The number of imidazole rings is 1. The highest BCUT2D eigenvalue weighted by molar-refractivity contribution is 6.76. The maximum atomic E-state index is 15.4. The summed E-state index contributed by atoms with van der Waals surface area (Å²) in [5.74, 6) is -0.853. The van der Waals surface area contributed by atoms with E-state index in [4.69, 9.17) is 55.4 Å². The molecule has 0 bridgehead atoms. The number of halogens is 2. The normalized spacial score (nSPS) is 23.5. The minimum Gasteiger partial charge on any atom is -0.484 e. The van der Waals surface area contributed by atoms with Crippen LogP contribution in [0.15, 0.2) is 18.2 Å². The van der Waals surface area contributed by atoms with Crippen LogP contribution in [0, 0.1) is 5.82 Å². The molecule has 2 saturated heterocycles. The Labute approximate surface area is 306 Å². The van der Waals surface area contributed by atoms with E-state index in [9.17, 15) is 4.79 Å². The number of hydrogen-bond acceptors (Lipinski definition) is 9. The molecule has 4 heterocycles.